The molecular formula is C15H8ClF3N2O. The van der Waals surface area contributed by atoms with Crippen LogP contribution >= 0.6 is 11.6 Å². The zero-order valence-electron chi connectivity index (χ0n) is 10.9. The summed E-state index contributed by atoms with van der Waals surface area (Å²) in [4.78, 5) is 11.7. The average molecular weight is 325 g/mol. The molecule has 3 aromatic rings. The number of aromatic amines is 1. The minimum absolute atomic E-state index is 0.226. The van der Waals surface area contributed by atoms with E-state index in [2.05, 4.69) is 10.2 Å². The number of nitrogens with zero attached hydrogens (tertiary/aromatic N) is 1. The van der Waals surface area contributed by atoms with Crippen LogP contribution in [0.3, 0.4) is 0 Å². The van der Waals surface area contributed by atoms with Crippen LogP contribution in [0.4, 0.5) is 13.2 Å². The number of nitrogens with one attached hydrogen (secondary N) is 1. The molecule has 0 unspecified atom stereocenters. The number of fused-ring (bicyclic) bond motifs is 1. The number of rotatable bonds is 1. The van der Waals surface area contributed by atoms with E-state index in [1.807, 2.05) is 0 Å². The highest BCUT2D eigenvalue weighted by atomic mass is 35.5. The molecule has 1 N–H and O–H groups in total. The molecule has 0 aliphatic carbocycles. The van der Waals surface area contributed by atoms with Crippen molar-refractivity contribution in [3.8, 4) is 11.3 Å². The molecule has 0 radical (unpaired) electrons. The van der Waals surface area contributed by atoms with Gasteiger partial charge in [0.25, 0.3) is 5.56 Å². The van der Waals surface area contributed by atoms with Gasteiger partial charge in [-0.05, 0) is 18.2 Å². The number of H-pyrrole nitrogens is 1. The van der Waals surface area contributed by atoms with Gasteiger partial charge in [0.2, 0.25) is 0 Å². The second-order valence-corrected chi connectivity index (χ2v) is 5.05. The molecule has 0 fully saturated rings. The SMILES string of the molecule is O=c1[nH]nc(-c2ccc(Cl)c(C(F)(F)F)c2)c2ccccc12. The minimum atomic E-state index is -4.56. The summed E-state index contributed by atoms with van der Waals surface area (Å²) in [6.07, 6.45) is -4.56. The average Bonchev–Trinajstić information content (AvgIpc) is 2.48. The Bertz CT molecular complexity index is 919. The summed E-state index contributed by atoms with van der Waals surface area (Å²) in [7, 11) is 0. The second-order valence-electron chi connectivity index (χ2n) is 4.64. The van der Waals surface area contributed by atoms with Crippen molar-refractivity contribution in [2.45, 2.75) is 6.18 Å². The lowest BCUT2D eigenvalue weighted by molar-refractivity contribution is -0.137. The Morgan fingerprint density at radius 3 is 2.41 bits per heavy atom. The normalized spacial score (nSPS) is 11.8. The van der Waals surface area contributed by atoms with E-state index in [-0.39, 0.29) is 16.3 Å². The molecule has 22 heavy (non-hydrogen) atoms. The van der Waals surface area contributed by atoms with Crippen molar-refractivity contribution < 1.29 is 13.2 Å². The van der Waals surface area contributed by atoms with E-state index < -0.39 is 17.3 Å². The molecule has 2 aromatic carbocycles. The van der Waals surface area contributed by atoms with Crippen LogP contribution in [0.25, 0.3) is 22.0 Å². The summed E-state index contributed by atoms with van der Waals surface area (Å²) in [5, 5.41) is 6.62. The second kappa shape index (κ2) is 5.14. The number of hydrogen-bond acceptors (Lipinski definition) is 2. The van der Waals surface area contributed by atoms with Crippen molar-refractivity contribution >= 4 is 22.4 Å². The summed E-state index contributed by atoms with van der Waals surface area (Å²) in [6, 6.07) is 10.1. The first-order chi connectivity index (χ1) is 10.4. The van der Waals surface area contributed by atoms with Crippen molar-refractivity contribution in [1.82, 2.24) is 10.2 Å². The van der Waals surface area contributed by atoms with Gasteiger partial charge in [-0.15, -0.1) is 0 Å². The zero-order valence-corrected chi connectivity index (χ0v) is 11.7. The first-order valence-corrected chi connectivity index (χ1v) is 6.60. The maximum atomic E-state index is 13.0. The van der Waals surface area contributed by atoms with Crippen LogP contribution in [0.2, 0.25) is 5.02 Å². The van der Waals surface area contributed by atoms with E-state index in [1.54, 1.807) is 24.3 Å². The lowest BCUT2D eigenvalue weighted by atomic mass is 10.0. The summed E-state index contributed by atoms with van der Waals surface area (Å²) in [6.45, 7) is 0. The highest BCUT2D eigenvalue weighted by molar-refractivity contribution is 6.31. The third kappa shape index (κ3) is 2.46. The number of hydrogen-bond donors (Lipinski definition) is 1. The monoisotopic (exact) mass is 324 g/mol. The Morgan fingerprint density at radius 2 is 1.73 bits per heavy atom. The van der Waals surface area contributed by atoms with Gasteiger partial charge < -0.3 is 0 Å². The third-order valence-electron chi connectivity index (χ3n) is 3.24. The Labute approximate surface area is 127 Å². The Hall–Kier alpha value is -2.34. The minimum Gasteiger partial charge on any atom is -0.267 e. The summed E-state index contributed by atoms with van der Waals surface area (Å²) in [5.41, 5.74) is -0.852. The molecule has 0 aliphatic rings. The number of benzene rings is 2. The van der Waals surface area contributed by atoms with Crippen LogP contribution < -0.4 is 5.56 Å². The van der Waals surface area contributed by atoms with Gasteiger partial charge in [0.1, 0.15) is 0 Å². The van der Waals surface area contributed by atoms with E-state index in [9.17, 15) is 18.0 Å². The van der Waals surface area contributed by atoms with Crippen molar-refractivity contribution in [3.63, 3.8) is 0 Å². The predicted octanol–water partition coefficient (Wildman–Crippen LogP) is 4.26. The molecule has 7 heteroatoms. The van der Waals surface area contributed by atoms with Gasteiger partial charge in [-0.2, -0.15) is 18.3 Å². The first kappa shape index (κ1) is 14.6. The van der Waals surface area contributed by atoms with Crippen molar-refractivity contribution in [1.29, 1.82) is 0 Å². The summed E-state index contributed by atoms with van der Waals surface area (Å²) >= 11 is 5.61. The molecule has 1 heterocycles. The Morgan fingerprint density at radius 1 is 1.05 bits per heavy atom. The van der Waals surface area contributed by atoms with Gasteiger partial charge in [-0.1, -0.05) is 35.9 Å². The standard InChI is InChI=1S/C15H8ClF3N2O/c16-12-6-5-8(7-11(12)15(17,18)19)13-9-3-1-2-4-10(9)14(22)21-20-13/h1-7H,(H,21,22). The van der Waals surface area contributed by atoms with Gasteiger partial charge in [-0.25, -0.2) is 5.10 Å². The maximum absolute atomic E-state index is 13.0. The van der Waals surface area contributed by atoms with Gasteiger partial charge in [-0.3, -0.25) is 4.79 Å². The predicted molar refractivity (Wildman–Crippen MR) is 77.8 cm³/mol. The van der Waals surface area contributed by atoms with Crippen LogP contribution in [0.1, 0.15) is 5.56 Å². The molecule has 0 aliphatic heterocycles. The van der Waals surface area contributed by atoms with E-state index in [1.165, 1.54) is 12.1 Å². The highest BCUT2D eigenvalue weighted by Gasteiger charge is 2.33. The van der Waals surface area contributed by atoms with E-state index in [0.717, 1.165) is 6.07 Å². The number of aromatic nitrogens is 2. The molecule has 112 valence electrons. The quantitative estimate of drug-likeness (QED) is 0.727. The van der Waals surface area contributed by atoms with Crippen LogP contribution in [0.5, 0.6) is 0 Å². The molecule has 0 atom stereocenters. The molecule has 0 spiro atoms. The number of halogens is 4. The number of alkyl halides is 3. The smallest absolute Gasteiger partial charge is 0.267 e. The van der Waals surface area contributed by atoms with E-state index >= 15 is 0 Å². The highest BCUT2D eigenvalue weighted by Crippen LogP contribution is 2.37. The molecule has 0 bridgehead atoms. The molecule has 1 aromatic heterocycles. The van der Waals surface area contributed by atoms with Gasteiger partial charge in [0.15, 0.2) is 0 Å². The van der Waals surface area contributed by atoms with E-state index in [4.69, 9.17) is 11.6 Å². The van der Waals surface area contributed by atoms with Gasteiger partial charge in [0.05, 0.1) is 21.7 Å². The summed E-state index contributed by atoms with van der Waals surface area (Å²) < 4.78 is 38.9. The fourth-order valence-corrected chi connectivity index (χ4v) is 2.45. The fraction of sp³-hybridized carbons (Fsp3) is 0.0667. The largest absolute Gasteiger partial charge is 0.417 e. The Balaban J connectivity index is 2.29. The van der Waals surface area contributed by atoms with E-state index in [0.29, 0.717) is 10.8 Å². The molecular weight excluding hydrogens is 317 g/mol. The van der Waals surface area contributed by atoms with Crippen LogP contribution in [0, 0.1) is 0 Å². The van der Waals surface area contributed by atoms with Crippen LogP contribution in [-0.2, 0) is 6.18 Å². The van der Waals surface area contributed by atoms with Crippen molar-refractivity contribution in [3.05, 3.63) is 63.4 Å². The molecule has 0 saturated carbocycles. The van der Waals surface area contributed by atoms with Crippen molar-refractivity contribution in [2.24, 2.45) is 0 Å². The van der Waals surface area contributed by atoms with Gasteiger partial charge >= 0.3 is 6.18 Å². The van der Waals surface area contributed by atoms with Crippen molar-refractivity contribution in [2.75, 3.05) is 0 Å². The zero-order chi connectivity index (χ0) is 15.9. The molecule has 0 amide bonds. The molecule has 0 saturated heterocycles. The molecule has 3 nitrogen and oxygen atoms in total. The third-order valence-corrected chi connectivity index (χ3v) is 3.57. The lowest BCUT2D eigenvalue weighted by Gasteiger charge is -2.11. The van der Waals surface area contributed by atoms with Crippen LogP contribution in [0.15, 0.2) is 47.3 Å². The summed E-state index contributed by atoms with van der Waals surface area (Å²) in [5.74, 6) is 0. The van der Waals surface area contributed by atoms with Crippen LogP contribution in [-0.4, -0.2) is 10.2 Å². The lowest BCUT2D eigenvalue weighted by Crippen LogP contribution is -2.10. The first-order valence-electron chi connectivity index (χ1n) is 6.22. The molecule has 3 rings (SSSR count). The maximum Gasteiger partial charge on any atom is 0.417 e. The fourth-order valence-electron chi connectivity index (χ4n) is 2.22. The Kier molecular flexibility index (Phi) is 3.41. The topological polar surface area (TPSA) is 45.8 Å². The van der Waals surface area contributed by atoms with Gasteiger partial charge in [0, 0.05) is 10.9 Å².